The summed E-state index contributed by atoms with van der Waals surface area (Å²) in [5.41, 5.74) is 9.01. The second-order valence-electron chi connectivity index (χ2n) is 11.3. The van der Waals surface area contributed by atoms with Crippen LogP contribution in [0.1, 0.15) is 11.4 Å². The molecule has 0 amide bonds. The van der Waals surface area contributed by atoms with Gasteiger partial charge in [0.05, 0.1) is 24.6 Å². The minimum atomic E-state index is -5.74. The van der Waals surface area contributed by atoms with Crippen molar-refractivity contribution in [3.8, 4) is 24.7 Å². The molecule has 292 valence electrons. The highest BCUT2D eigenvalue weighted by atomic mass is 31.3. The standard InChI is InChI=1S/C13H17N4O13P3.C13H14N4O4/c1-2-13(9-4-3-7-12(14)15-6-16-17(7)9)11(19)10(18)8(28-13)5-27-32(23,24)30-33(25,26)29-31(20,21)22;1-2-13(11(20)10(19)8(5-18)21-13)9-4-3-7-12(14)15-6-16-17(7)9/h1,3-4,6,8,10-11,18-19H,5H2,(H,23,24)(H,25,26)(H2,14,15,16)(H2,20,21,22);1,3-4,6,8,10-11,18-20H,5H2,(H2,14,15,16)/t2*8-,10-,11-,13+/m11/s1. The Morgan fingerprint density at radius 3 is 1.61 bits per heavy atom. The molecule has 10 atom stereocenters. The number of ether oxygens (including phenoxy) is 2. The van der Waals surface area contributed by atoms with Crippen LogP contribution in [0.2, 0.25) is 0 Å². The van der Waals surface area contributed by atoms with Crippen molar-refractivity contribution in [2.24, 2.45) is 0 Å². The van der Waals surface area contributed by atoms with Gasteiger partial charge in [-0.25, -0.2) is 32.7 Å². The SMILES string of the molecule is C#C[C@@]1(c2ccc3c(N)ncnn23)O[C@H](CO)[C@@H](O)[C@H]1O.C#C[C@@]1(c2ccc3c(N)ncnn23)O[C@H](COP(=O)(O)OP(=O)(O)OP(=O)(O)O)[C@@H](O)[C@H]1O. The van der Waals surface area contributed by atoms with Gasteiger partial charge in [-0.3, -0.25) is 4.52 Å². The van der Waals surface area contributed by atoms with E-state index in [4.69, 9.17) is 43.6 Å². The highest BCUT2D eigenvalue weighted by molar-refractivity contribution is 7.66. The van der Waals surface area contributed by atoms with Gasteiger partial charge in [-0.1, -0.05) is 11.8 Å². The number of hydrogen-bond donors (Lipinski definition) is 11. The molecule has 6 rings (SSSR count). The molecule has 54 heavy (non-hydrogen) atoms. The smallest absolute Gasteiger partial charge is 0.394 e. The monoisotopic (exact) mass is 820 g/mol. The number of rotatable bonds is 10. The maximum absolute atomic E-state index is 11.9. The van der Waals surface area contributed by atoms with E-state index in [0.717, 1.165) is 6.33 Å². The Bertz CT molecular complexity index is 2270. The number of aromatic nitrogens is 6. The zero-order chi connectivity index (χ0) is 40.0. The van der Waals surface area contributed by atoms with E-state index in [9.17, 15) is 49.0 Å². The van der Waals surface area contributed by atoms with Crippen LogP contribution in [0.3, 0.4) is 0 Å². The first kappa shape index (κ1) is 41.3. The fraction of sp³-hybridized carbons (Fsp3) is 0.385. The molecular formula is C26H31N8O17P3. The van der Waals surface area contributed by atoms with Gasteiger partial charge in [0.1, 0.15) is 60.3 Å². The molecule has 0 aromatic carbocycles. The lowest BCUT2D eigenvalue weighted by molar-refractivity contribution is -0.0629. The van der Waals surface area contributed by atoms with Crippen molar-refractivity contribution >= 4 is 46.1 Å². The van der Waals surface area contributed by atoms with Gasteiger partial charge >= 0.3 is 23.5 Å². The van der Waals surface area contributed by atoms with E-state index in [2.05, 4.69) is 45.2 Å². The highest BCUT2D eigenvalue weighted by Crippen LogP contribution is 2.66. The minimum absolute atomic E-state index is 0.0430. The summed E-state index contributed by atoms with van der Waals surface area (Å²) >= 11 is 0. The molecule has 2 unspecified atom stereocenters. The number of fused-ring (bicyclic) bond motifs is 2. The van der Waals surface area contributed by atoms with E-state index >= 15 is 0 Å². The van der Waals surface area contributed by atoms with E-state index in [-0.39, 0.29) is 17.3 Å². The number of nitrogens with zero attached hydrogens (tertiary/aromatic N) is 6. The molecule has 28 heteroatoms. The Kier molecular flexibility index (Phi) is 11.4. The van der Waals surface area contributed by atoms with Crippen LogP contribution in [0, 0.1) is 24.7 Å². The minimum Gasteiger partial charge on any atom is -0.394 e. The molecule has 25 nitrogen and oxygen atoms in total. The topological polar surface area (TPSA) is 392 Å². The molecule has 2 fully saturated rings. The zero-order valence-corrected chi connectivity index (χ0v) is 29.7. The molecule has 13 N–H and O–H groups in total. The number of aliphatic hydroxyl groups excluding tert-OH is 5. The van der Waals surface area contributed by atoms with Crippen LogP contribution >= 0.6 is 23.5 Å². The largest absolute Gasteiger partial charge is 0.490 e. The molecule has 6 heterocycles. The summed E-state index contributed by atoms with van der Waals surface area (Å²) in [6.07, 6.45) is 4.54. The molecule has 0 spiro atoms. The van der Waals surface area contributed by atoms with Crippen LogP contribution in [-0.2, 0) is 47.5 Å². The summed E-state index contributed by atoms with van der Waals surface area (Å²) in [6, 6.07) is 6.08. The maximum Gasteiger partial charge on any atom is 0.490 e. The van der Waals surface area contributed by atoms with Crippen molar-refractivity contribution in [1.29, 1.82) is 0 Å². The summed E-state index contributed by atoms with van der Waals surface area (Å²) in [5.74, 6) is 4.89. The Hall–Kier alpha value is -3.91. The van der Waals surface area contributed by atoms with Crippen molar-refractivity contribution in [3.05, 3.63) is 48.3 Å². The van der Waals surface area contributed by atoms with E-state index in [1.54, 1.807) is 12.1 Å². The number of nitrogen functional groups attached to an aromatic ring is 2. The molecule has 0 aliphatic carbocycles. The van der Waals surface area contributed by atoms with Gasteiger partial charge in [-0.2, -0.15) is 18.8 Å². The number of nitrogens with two attached hydrogens (primary N) is 2. The predicted octanol–water partition coefficient (Wildman–Crippen LogP) is -3.14. The first-order chi connectivity index (χ1) is 25.2. The molecular weight excluding hydrogens is 789 g/mol. The highest BCUT2D eigenvalue weighted by Gasteiger charge is 2.57. The van der Waals surface area contributed by atoms with Crippen LogP contribution < -0.4 is 11.5 Å². The lowest BCUT2D eigenvalue weighted by Crippen LogP contribution is -2.41. The van der Waals surface area contributed by atoms with Crippen molar-refractivity contribution in [2.75, 3.05) is 24.7 Å². The van der Waals surface area contributed by atoms with Gasteiger partial charge in [0, 0.05) is 0 Å². The van der Waals surface area contributed by atoms with Crippen molar-refractivity contribution < 1.29 is 81.4 Å². The number of anilines is 2. The second-order valence-corrected chi connectivity index (χ2v) is 15.8. The van der Waals surface area contributed by atoms with Crippen LogP contribution in [0.15, 0.2) is 36.9 Å². The molecule has 2 saturated heterocycles. The van der Waals surface area contributed by atoms with Crippen LogP contribution in [0.5, 0.6) is 0 Å². The molecule has 4 aromatic heterocycles. The van der Waals surface area contributed by atoms with Crippen LogP contribution in [0.25, 0.3) is 11.0 Å². The molecule has 0 saturated carbocycles. The van der Waals surface area contributed by atoms with E-state index in [0.29, 0.717) is 16.7 Å². The fourth-order valence-corrected chi connectivity index (χ4v) is 8.70. The van der Waals surface area contributed by atoms with Gasteiger partial charge in [0.2, 0.25) is 0 Å². The van der Waals surface area contributed by atoms with Crippen molar-refractivity contribution in [3.63, 3.8) is 0 Å². The third kappa shape index (κ3) is 7.65. The molecule has 2 aliphatic rings. The number of hydrogen-bond acceptors (Lipinski definition) is 19. The lowest BCUT2D eigenvalue weighted by atomic mass is 9.92. The lowest BCUT2D eigenvalue weighted by Gasteiger charge is -2.26. The number of terminal acetylenes is 2. The third-order valence-corrected chi connectivity index (χ3v) is 11.9. The Morgan fingerprint density at radius 2 is 1.20 bits per heavy atom. The van der Waals surface area contributed by atoms with Gasteiger partial charge in [-0.05, 0) is 24.3 Å². The average Bonchev–Trinajstić information content (AvgIpc) is 3.84. The van der Waals surface area contributed by atoms with Crippen LogP contribution in [-0.4, -0.2) is 124 Å². The molecule has 0 bridgehead atoms. The summed E-state index contributed by atoms with van der Waals surface area (Å²) < 4.78 is 59.3. The van der Waals surface area contributed by atoms with Gasteiger partial charge < -0.3 is 66.0 Å². The fourth-order valence-electron chi connectivity index (χ4n) is 5.67. The Labute approximate surface area is 302 Å². The van der Waals surface area contributed by atoms with Gasteiger partial charge in [-0.15, -0.1) is 12.8 Å². The first-order valence-electron chi connectivity index (χ1n) is 14.8. The molecule has 2 aliphatic heterocycles. The normalized spacial score (nSPS) is 30.6. The predicted molar refractivity (Wildman–Crippen MR) is 176 cm³/mol. The molecule has 0 radical (unpaired) electrons. The number of aliphatic hydroxyl groups is 5. The summed E-state index contributed by atoms with van der Waals surface area (Å²) in [7, 11) is -16.8. The molecule has 4 aromatic rings. The number of phosphoric ester groups is 1. The van der Waals surface area contributed by atoms with E-state index < -0.39 is 84.5 Å². The zero-order valence-electron chi connectivity index (χ0n) is 27.0. The van der Waals surface area contributed by atoms with Gasteiger partial charge in [0.25, 0.3) is 0 Å². The van der Waals surface area contributed by atoms with Gasteiger partial charge in [0.15, 0.2) is 22.8 Å². The quantitative estimate of drug-likeness (QED) is 0.0556. The first-order valence-corrected chi connectivity index (χ1v) is 19.3. The van der Waals surface area contributed by atoms with E-state index in [1.807, 2.05) is 0 Å². The summed E-state index contributed by atoms with van der Waals surface area (Å²) in [6.45, 7) is -1.51. The van der Waals surface area contributed by atoms with E-state index in [1.165, 1.54) is 27.5 Å². The third-order valence-electron chi connectivity index (χ3n) is 8.07. The second kappa shape index (κ2) is 15.0. The number of phosphoric acid groups is 3. The van der Waals surface area contributed by atoms with Crippen molar-refractivity contribution in [1.82, 2.24) is 29.2 Å². The van der Waals surface area contributed by atoms with Crippen LogP contribution in [0.4, 0.5) is 11.6 Å². The maximum atomic E-state index is 11.9. The van der Waals surface area contributed by atoms with Crippen molar-refractivity contribution in [2.45, 2.75) is 47.8 Å². The Morgan fingerprint density at radius 1 is 0.759 bits per heavy atom. The summed E-state index contributed by atoms with van der Waals surface area (Å²) in [4.78, 5) is 43.5. The Balaban J connectivity index is 0.000000228. The summed E-state index contributed by atoms with van der Waals surface area (Å²) in [5, 5.41) is 58.5. The average molecular weight is 820 g/mol.